The average Bonchev–Trinajstić information content (AvgIpc) is 2.16. The average molecular weight is 225 g/mol. The quantitative estimate of drug-likeness (QED) is 0.438. The summed E-state index contributed by atoms with van der Waals surface area (Å²) in [5.74, 6) is 0. The van der Waals surface area contributed by atoms with Gasteiger partial charge in [0.2, 0.25) is 0 Å². The van der Waals surface area contributed by atoms with E-state index in [9.17, 15) is 14.9 Å². The van der Waals surface area contributed by atoms with Crippen LogP contribution in [0.2, 0.25) is 0 Å². The van der Waals surface area contributed by atoms with E-state index in [2.05, 4.69) is 0 Å². The number of benzene rings is 1. The summed E-state index contributed by atoms with van der Waals surface area (Å²) in [6.45, 7) is 1.58. The van der Waals surface area contributed by atoms with Gasteiger partial charge in [0, 0.05) is 6.07 Å². The number of carbonyl (C=O) groups is 1. The van der Waals surface area contributed by atoms with Crippen molar-refractivity contribution < 1.29 is 9.72 Å². The molecule has 1 aromatic carbocycles. The minimum absolute atomic E-state index is 0.0517. The minimum Gasteiger partial charge on any atom is -0.275 e. The Morgan fingerprint density at radius 3 is 2.60 bits per heavy atom. The van der Waals surface area contributed by atoms with E-state index in [4.69, 9.17) is 16.9 Å². The van der Waals surface area contributed by atoms with Crippen LogP contribution in [0.5, 0.6) is 0 Å². The highest BCUT2D eigenvalue weighted by Crippen LogP contribution is 2.26. The molecule has 0 saturated heterocycles. The minimum atomic E-state index is -0.998. The first-order valence-electron chi connectivity index (χ1n) is 3.87. The standard InChI is InChI=1S/C9H5ClN2O3/c1-5-2-3-7(12(14)15)8(9(10)13)6(5)4-11/h2-3H,1H3. The lowest BCUT2D eigenvalue weighted by Gasteiger charge is -2.02. The number of halogens is 1. The Labute approximate surface area is 90.0 Å². The van der Waals surface area contributed by atoms with E-state index >= 15 is 0 Å². The van der Waals surface area contributed by atoms with Crippen molar-refractivity contribution in [3.8, 4) is 6.07 Å². The monoisotopic (exact) mass is 224 g/mol. The maximum Gasteiger partial charge on any atom is 0.282 e. The molecule has 0 heterocycles. The van der Waals surface area contributed by atoms with Gasteiger partial charge in [0.25, 0.3) is 10.9 Å². The van der Waals surface area contributed by atoms with Gasteiger partial charge in [-0.3, -0.25) is 14.9 Å². The molecular weight excluding hydrogens is 220 g/mol. The third kappa shape index (κ3) is 1.95. The van der Waals surface area contributed by atoms with Gasteiger partial charge < -0.3 is 0 Å². The Morgan fingerprint density at radius 1 is 1.60 bits per heavy atom. The molecule has 76 valence electrons. The summed E-state index contributed by atoms with van der Waals surface area (Å²) in [6, 6.07) is 4.29. The van der Waals surface area contributed by atoms with E-state index in [1.807, 2.05) is 0 Å². The van der Waals surface area contributed by atoms with Gasteiger partial charge in [-0.25, -0.2) is 0 Å². The molecule has 15 heavy (non-hydrogen) atoms. The molecule has 0 aliphatic heterocycles. The van der Waals surface area contributed by atoms with E-state index < -0.39 is 15.9 Å². The number of aryl methyl sites for hydroxylation is 1. The molecule has 0 fully saturated rings. The first-order chi connectivity index (χ1) is 6.99. The highest BCUT2D eigenvalue weighted by Gasteiger charge is 2.24. The Kier molecular flexibility index (Phi) is 3.02. The SMILES string of the molecule is Cc1ccc([N+](=O)[O-])c(C(=O)Cl)c1C#N. The van der Waals surface area contributed by atoms with E-state index in [1.165, 1.54) is 6.07 Å². The lowest BCUT2D eigenvalue weighted by molar-refractivity contribution is -0.385. The van der Waals surface area contributed by atoms with Crippen molar-refractivity contribution in [2.45, 2.75) is 6.92 Å². The van der Waals surface area contributed by atoms with Gasteiger partial charge in [0.15, 0.2) is 0 Å². The fourth-order valence-corrected chi connectivity index (χ4v) is 1.38. The van der Waals surface area contributed by atoms with Crippen LogP contribution in [0.25, 0.3) is 0 Å². The van der Waals surface area contributed by atoms with Crippen molar-refractivity contribution in [2.75, 3.05) is 0 Å². The first kappa shape index (κ1) is 11.1. The summed E-state index contributed by atoms with van der Waals surface area (Å²) in [7, 11) is 0. The zero-order chi connectivity index (χ0) is 11.6. The van der Waals surface area contributed by atoms with Gasteiger partial charge in [-0.15, -0.1) is 0 Å². The third-order valence-electron chi connectivity index (χ3n) is 1.90. The van der Waals surface area contributed by atoms with Crippen LogP contribution in [0.15, 0.2) is 12.1 Å². The van der Waals surface area contributed by atoms with Crippen molar-refractivity contribution in [3.05, 3.63) is 38.9 Å². The molecule has 1 aromatic rings. The maximum atomic E-state index is 11.0. The molecule has 0 aliphatic rings. The molecule has 0 amide bonds. The Morgan fingerprint density at radius 2 is 2.20 bits per heavy atom. The number of nitro groups is 1. The summed E-state index contributed by atoms with van der Waals surface area (Å²) in [4.78, 5) is 20.9. The van der Waals surface area contributed by atoms with Gasteiger partial charge in [-0.2, -0.15) is 5.26 Å². The molecule has 0 radical (unpaired) electrons. The van der Waals surface area contributed by atoms with Crippen LogP contribution in [0.4, 0.5) is 5.69 Å². The molecule has 0 bridgehead atoms. The van der Waals surface area contributed by atoms with Crippen LogP contribution >= 0.6 is 11.6 Å². The molecular formula is C9H5ClN2O3. The predicted octanol–water partition coefficient (Wildman–Crippen LogP) is 2.15. The fraction of sp³-hybridized carbons (Fsp3) is 0.111. The molecule has 0 atom stereocenters. The number of hydrogen-bond donors (Lipinski definition) is 0. The summed E-state index contributed by atoms with van der Waals surface area (Å²) >= 11 is 5.21. The first-order valence-corrected chi connectivity index (χ1v) is 4.24. The van der Waals surface area contributed by atoms with Crippen molar-refractivity contribution >= 4 is 22.5 Å². The van der Waals surface area contributed by atoms with Crippen molar-refractivity contribution in [3.63, 3.8) is 0 Å². The van der Waals surface area contributed by atoms with Gasteiger partial charge in [0.05, 0.1) is 10.5 Å². The molecule has 0 N–H and O–H groups in total. The number of rotatable bonds is 2. The summed E-state index contributed by atoms with van der Waals surface area (Å²) < 4.78 is 0. The summed E-state index contributed by atoms with van der Waals surface area (Å²) in [5, 5.41) is 18.4. The smallest absolute Gasteiger partial charge is 0.275 e. The molecule has 0 unspecified atom stereocenters. The highest BCUT2D eigenvalue weighted by atomic mass is 35.5. The van der Waals surface area contributed by atoms with Crippen molar-refractivity contribution in [2.24, 2.45) is 0 Å². The molecule has 6 heteroatoms. The Bertz CT molecular complexity index is 491. The van der Waals surface area contributed by atoms with Crippen LogP contribution in [-0.2, 0) is 0 Å². The van der Waals surface area contributed by atoms with Crippen LogP contribution in [0.3, 0.4) is 0 Å². The number of nitro benzene ring substituents is 1. The number of carbonyl (C=O) groups excluding carboxylic acids is 1. The van der Waals surface area contributed by atoms with Gasteiger partial charge in [0.1, 0.15) is 11.6 Å². The van der Waals surface area contributed by atoms with E-state index in [-0.39, 0.29) is 11.1 Å². The van der Waals surface area contributed by atoms with Crippen LogP contribution in [0, 0.1) is 28.4 Å². The second-order valence-electron chi connectivity index (χ2n) is 2.79. The third-order valence-corrected chi connectivity index (χ3v) is 2.09. The van der Waals surface area contributed by atoms with Crippen LogP contribution < -0.4 is 0 Å². The number of nitriles is 1. The Hall–Kier alpha value is -1.93. The summed E-state index contributed by atoms with van der Waals surface area (Å²) in [5.41, 5.74) is -0.363. The lowest BCUT2D eigenvalue weighted by atomic mass is 10.0. The lowest BCUT2D eigenvalue weighted by Crippen LogP contribution is -2.03. The maximum absolute atomic E-state index is 11.0. The van der Waals surface area contributed by atoms with Crippen molar-refractivity contribution in [1.29, 1.82) is 5.26 Å². The highest BCUT2D eigenvalue weighted by molar-refractivity contribution is 6.68. The summed E-state index contributed by atoms with van der Waals surface area (Å²) in [6.07, 6.45) is 0. The zero-order valence-corrected chi connectivity index (χ0v) is 8.41. The fourth-order valence-electron chi connectivity index (χ4n) is 1.19. The van der Waals surface area contributed by atoms with Crippen molar-refractivity contribution in [1.82, 2.24) is 0 Å². The molecule has 0 aliphatic carbocycles. The second kappa shape index (κ2) is 4.07. The Balaban J connectivity index is 3.66. The van der Waals surface area contributed by atoms with E-state index in [1.54, 1.807) is 13.0 Å². The molecule has 0 saturated carbocycles. The van der Waals surface area contributed by atoms with Gasteiger partial charge in [-0.05, 0) is 24.1 Å². The van der Waals surface area contributed by atoms with Crippen LogP contribution in [0.1, 0.15) is 21.5 Å². The van der Waals surface area contributed by atoms with Gasteiger partial charge >= 0.3 is 0 Å². The molecule has 0 aromatic heterocycles. The second-order valence-corrected chi connectivity index (χ2v) is 3.14. The molecule has 1 rings (SSSR count). The molecule has 0 spiro atoms. The molecule has 5 nitrogen and oxygen atoms in total. The topological polar surface area (TPSA) is 84.0 Å². The largest absolute Gasteiger partial charge is 0.282 e. The normalized spacial score (nSPS) is 9.40. The van der Waals surface area contributed by atoms with Gasteiger partial charge in [-0.1, -0.05) is 6.07 Å². The number of nitrogens with zero attached hydrogens (tertiary/aromatic N) is 2. The van der Waals surface area contributed by atoms with Crippen LogP contribution in [-0.4, -0.2) is 10.2 Å². The predicted molar refractivity (Wildman–Crippen MR) is 52.7 cm³/mol. The zero-order valence-electron chi connectivity index (χ0n) is 7.65. The number of hydrogen-bond acceptors (Lipinski definition) is 4. The van der Waals surface area contributed by atoms with E-state index in [0.29, 0.717) is 5.56 Å². The van der Waals surface area contributed by atoms with E-state index in [0.717, 1.165) is 6.07 Å².